The molecule has 1 N–H and O–H groups in total. The minimum Gasteiger partial charge on any atom is -0.481 e. The lowest BCUT2D eigenvalue weighted by Gasteiger charge is -1.94. The van der Waals surface area contributed by atoms with Gasteiger partial charge in [-0.05, 0) is 0 Å². The highest BCUT2D eigenvalue weighted by atomic mass is 32.2. The fourth-order valence-electron chi connectivity index (χ4n) is 0.235. The van der Waals surface area contributed by atoms with Crippen LogP contribution in [0.4, 0.5) is 8.78 Å². The smallest absolute Gasteiger partial charge is 0.313 e. The van der Waals surface area contributed by atoms with Crippen LogP contribution in [0.5, 0.6) is 0 Å². The lowest BCUT2D eigenvalue weighted by atomic mass is 10.8. The van der Waals surface area contributed by atoms with Crippen molar-refractivity contribution < 1.29 is 18.7 Å². The van der Waals surface area contributed by atoms with Gasteiger partial charge >= 0.3 is 5.97 Å². The second-order valence-electron chi connectivity index (χ2n) is 1.30. The standard InChI is InChI=1S/C4H6F2O2S/c5-3(6)1-9-2-4(7)8/h3H,1-2H2,(H,7,8). The number of alkyl halides is 2. The van der Waals surface area contributed by atoms with E-state index in [2.05, 4.69) is 0 Å². The summed E-state index contributed by atoms with van der Waals surface area (Å²) in [5.74, 6) is -1.70. The van der Waals surface area contributed by atoms with Crippen LogP contribution in [-0.2, 0) is 4.79 Å². The summed E-state index contributed by atoms with van der Waals surface area (Å²) in [6.07, 6.45) is -2.41. The van der Waals surface area contributed by atoms with E-state index in [1.807, 2.05) is 0 Å². The van der Waals surface area contributed by atoms with Crippen molar-refractivity contribution in [1.29, 1.82) is 0 Å². The molecule has 0 unspecified atom stereocenters. The van der Waals surface area contributed by atoms with Gasteiger partial charge in [0.15, 0.2) is 0 Å². The molecule has 9 heavy (non-hydrogen) atoms. The highest BCUT2D eigenvalue weighted by Crippen LogP contribution is 2.05. The molecule has 0 aromatic rings. The van der Waals surface area contributed by atoms with Gasteiger partial charge in [0.2, 0.25) is 6.43 Å². The molecule has 2 nitrogen and oxygen atoms in total. The Morgan fingerprint density at radius 2 is 2.22 bits per heavy atom. The highest BCUT2D eigenvalue weighted by Gasteiger charge is 2.03. The molecule has 0 aliphatic carbocycles. The zero-order chi connectivity index (χ0) is 7.28. The van der Waals surface area contributed by atoms with Gasteiger partial charge in [0.25, 0.3) is 0 Å². The number of thioether (sulfide) groups is 1. The molecule has 5 heteroatoms. The number of aliphatic carboxylic acids is 1. The molecular weight excluding hydrogens is 150 g/mol. The second kappa shape index (κ2) is 4.55. The molecule has 0 bridgehead atoms. The Morgan fingerprint density at radius 3 is 2.56 bits per heavy atom. The third-order valence-corrected chi connectivity index (χ3v) is 1.41. The van der Waals surface area contributed by atoms with Gasteiger partial charge in [-0.2, -0.15) is 0 Å². The molecule has 0 amide bonds. The number of carbonyl (C=O) groups is 1. The molecule has 0 rings (SSSR count). The minimum atomic E-state index is -2.41. The Morgan fingerprint density at radius 1 is 1.67 bits per heavy atom. The summed E-state index contributed by atoms with van der Waals surface area (Å²) in [6, 6.07) is 0. The molecule has 0 saturated carbocycles. The van der Waals surface area contributed by atoms with Crippen LogP contribution in [0.1, 0.15) is 0 Å². The van der Waals surface area contributed by atoms with E-state index in [0.717, 1.165) is 11.8 Å². The fraction of sp³-hybridized carbons (Fsp3) is 0.750. The van der Waals surface area contributed by atoms with Crippen LogP contribution in [0.15, 0.2) is 0 Å². The van der Waals surface area contributed by atoms with E-state index < -0.39 is 18.1 Å². The van der Waals surface area contributed by atoms with Crippen molar-refractivity contribution in [1.82, 2.24) is 0 Å². The van der Waals surface area contributed by atoms with Crippen molar-refractivity contribution in [3.63, 3.8) is 0 Å². The monoisotopic (exact) mass is 156 g/mol. The lowest BCUT2D eigenvalue weighted by Crippen LogP contribution is -2.02. The van der Waals surface area contributed by atoms with E-state index in [1.165, 1.54) is 0 Å². The first kappa shape index (κ1) is 8.68. The van der Waals surface area contributed by atoms with E-state index in [1.54, 1.807) is 0 Å². The van der Waals surface area contributed by atoms with E-state index in [4.69, 9.17) is 5.11 Å². The molecule has 0 spiro atoms. The van der Waals surface area contributed by atoms with Crippen LogP contribution >= 0.6 is 11.8 Å². The molecule has 0 aliphatic rings. The summed E-state index contributed by atoms with van der Waals surface area (Å²) in [7, 11) is 0. The van der Waals surface area contributed by atoms with Crippen molar-refractivity contribution in [3.05, 3.63) is 0 Å². The van der Waals surface area contributed by atoms with Crippen molar-refractivity contribution in [2.75, 3.05) is 11.5 Å². The first-order chi connectivity index (χ1) is 4.13. The average molecular weight is 156 g/mol. The van der Waals surface area contributed by atoms with Crippen LogP contribution < -0.4 is 0 Å². The first-order valence-electron chi connectivity index (χ1n) is 2.20. The Kier molecular flexibility index (Phi) is 4.39. The summed E-state index contributed by atoms with van der Waals surface area (Å²) in [5.41, 5.74) is 0. The molecule has 0 aliphatic heterocycles. The maximum atomic E-state index is 11.3. The quantitative estimate of drug-likeness (QED) is 0.661. The summed E-state index contributed by atoms with van der Waals surface area (Å²) >= 11 is 0.720. The van der Waals surface area contributed by atoms with Gasteiger partial charge in [-0.15, -0.1) is 11.8 Å². The Bertz CT molecular complexity index is 96.6. The maximum absolute atomic E-state index is 11.3. The number of carboxylic acid groups (broad SMARTS) is 1. The Balaban J connectivity index is 3.01. The predicted molar refractivity (Wildman–Crippen MR) is 31.0 cm³/mol. The third kappa shape index (κ3) is 7.68. The van der Waals surface area contributed by atoms with Gasteiger partial charge in [-0.3, -0.25) is 4.79 Å². The molecule has 0 radical (unpaired) electrons. The molecule has 0 saturated heterocycles. The third-order valence-electron chi connectivity index (χ3n) is 0.469. The van der Waals surface area contributed by atoms with Crippen molar-refractivity contribution in [2.24, 2.45) is 0 Å². The molecule has 0 atom stereocenters. The molecule has 0 aromatic heterocycles. The van der Waals surface area contributed by atoms with E-state index in [-0.39, 0.29) is 5.75 Å². The van der Waals surface area contributed by atoms with E-state index in [0.29, 0.717) is 0 Å². The van der Waals surface area contributed by atoms with Crippen LogP contribution in [0.3, 0.4) is 0 Å². The van der Waals surface area contributed by atoms with E-state index in [9.17, 15) is 13.6 Å². The molecular formula is C4H6F2O2S. The first-order valence-corrected chi connectivity index (χ1v) is 3.36. The van der Waals surface area contributed by atoms with E-state index >= 15 is 0 Å². The lowest BCUT2D eigenvalue weighted by molar-refractivity contribution is -0.133. The molecule has 54 valence electrons. The van der Waals surface area contributed by atoms with Crippen molar-refractivity contribution in [3.8, 4) is 0 Å². The normalized spacial score (nSPS) is 10.1. The minimum absolute atomic E-state index is 0.246. The second-order valence-corrected chi connectivity index (χ2v) is 2.33. The largest absolute Gasteiger partial charge is 0.481 e. The summed E-state index contributed by atoms with van der Waals surface area (Å²) in [5, 5.41) is 7.96. The van der Waals surface area contributed by atoms with Gasteiger partial charge in [-0.1, -0.05) is 0 Å². The van der Waals surface area contributed by atoms with Crippen LogP contribution in [0.25, 0.3) is 0 Å². The summed E-state index contributed by atoms with van der Waals surface area (Å²) in [6.45, 7) is 0. The van der Waals surface area contributed by atoms with Crippen molar-refractivity contribution in [2.45, 2.75) is 6.43 Å². The van der Waals surface area contributed by atoms with Crippen LogP contribution in [-0.4, -0.2) is 29.0 Å². The van der Waals surface area contributed by atoms with Crippen LogP contribution in [0.2, 0.25) is 0 Å². The number of hydrogen-bond acceptors (Lipinski definition) is 2. The van der Waals surface area contributed by atoms with Gasteiger partial charge in [0.05, 0.1) is 11.5 Å². The zero-order valence-corrected chi connectivity index (χ0v) is 5.33. The topological polar surface area (TPSA) is 37.3 Å². The van der Waals surface area contributed by atoms with Gasteiger partial charge in [0.1, 0.15) is 0 Å². The average Bonchev–Trinajstić information content (AvgIpc) is 1.63. The zero-order valence-electron chi connectivity index (χ0n) is 4.51. The number of hydrogen-bond donors (Lipinski definition) is 1. The van der Waals surface area contributed by atoms with Gasteiger partial charge in [-0.25, -0.2) is 8.78 Å². The van der Waals surface area contributed by atoms with Crippen LogP contribution in [0, 0.1) is 0 Å². The fourth-order valence-corrected chi connectivity index (χ4v) is 0.706. The SMILES string of the molecule is O=C(O)CSCC(F)F. The maximum Gasteiger partial charge on any atom is 0.313 e. The number of rotatable bonds is 4. The van der Waals surface area contributed by atoms with Gasteiger partial charge < -0.3 is 5.11 Å². The van der Waals surface area contributed by atoms with Gasteiger partial charge in [0, 0.05) is 0 Å². The molecule has 0 fully saturated rings. The molecule has 0 aromatic carbocycles. The summed E-state index contributed by atoms with van der Waals surface area (Å²) < 4.78 is 22.5. The summed E-state index contributed by atoms with van der Waals surface area (Å²) in [4.78, 5) is 9.72. The molecule has 0 heterocycles. The number of halogens is 2. The Labute approximate surface area is 55.2 Å². The predicted octanol–water partition coefficient (Wildman–Crippen LogP) is 1.07. The Hall–Kier alpha value is -0.320. The number of carboxylic acids is 1. The highest BCUT2D eigenvalue weighted by molar-refractivity contribution is 7.99. The van der Waals surface area contributed by atoms with Crippen molar-refractivity contribution >= 4 is 17.7 Å².